The first-order valence-electron chi connectivity index (χ1n) is 8.89. The summed E-state index contributed by atoms with van der Waals surface area (Å²) in [6, 6.07) is 1.92. The molecule has 2 aromatic rings. The fraction of sp³-hybridized carbons (Fsp3) is 0.368. The van der Waals surface area contributed by atoms with E-state index in [1.54, 1.807) is 20.8 Å². The van der Waals surface area contributed by atoms with Gasteiger partial charge in [-0.15, -0.1) is 0 Å². The largest absolute Gasteiger partial charge is 0.495 e. The van der Waals surface area contributed by atoms with Crippen LogP contribution in [0.1, 0.15) is 20.8 Å². The summed E-state index contributed by atoms with van der Waals surface area (Å²) < 4.78 is 15.9. The maximum absolute atomic E-state index is 13.4. The molecule has 1 aromatic carbocycles. The Hall–Kier alpha value is -2.98. The number of ether oxygens (including phenoxy) is 3. The number of nitrogens with two attached hydrogens (primary N) is 1. The molecular weight excluding hydrogens is 449 g/mol. The van der Waals surface area contributed by atoms with E-state index in [9.17, 15) is 9.59 Å². The van der Waals surface area contributed by atoms with Crippen molar-refractivity contribution in [2.75, 3.05) is 36.8 Å². The van der Waals surface area contributed by atoms with Crippen molar-refractivity contribution in [2.24, 2.45) is 0 Å². The van der Waals surface area contributed by atoms with Crippen LogP contribution >= 0.6 is 23.2 Å². The van der Waals surface area contributed by atoms with Crippen LogP contribution < -0.4 is 25.0 Å². The highest BCUT2D eigenvalue weighted by Gasteiger charge is 2.36. The molecule has 0 aliphatic carbocycles. The lowest BCUT2D eigenvalue weighted by Gasteiger charge is -2.30. The van der Waals surface area contributed by atoms with E-state index in [2.05, 4.69) is 9.97 Å². The number of rotatable bonds is 4. The third kappa shape index (κ3) is 5.39. The van der Waals surface area contributed by atoms with Crippen LogP contribution in [0.2, 0.25) is 10.0 Å². The van der Waals surface area contributed by atoms with Crippen molar-refractivity contribution in [3.63, 3.8) is 0 Å². The fourth-order valence-electron chi connectivity index (χ4n) is 2.43. The van der Waals surface area contributed by atoms with Crippen molar-refractivity contribution in [3.05, 3.63) is 28.5 Å². The Morgan fingerprint density at radius 3 is 2.03 bits per heavy atom. The molecule has 0 bridgehead atoms. The molecule has 0 atom stereocenters. The first-order chi connectivity index (χ1) is 14.4. The van der Waals surface area contributed by atoms with Gasteiger partial charge in [-0.05, 0) is 20.8 Å². The van der Waals surface area contributed by atoms with Crippen LogP contribution in [0.3, 0.4) is 0 Å². The minimum absolute atomic E-state index is 0.0943. The quantitative estimate of drug-likeness (QED) is 0.696. The molecule has 1 aromatic heterocycles. The minimum Gasteiger partial charge on any atom is -0.495 e. The number of halogens is 2. The molecule has 3 amide bonds. The molecule has 12 heteroatoms. The zero-order valence-electron chi connectivity index (χ0n) is 17.9. The lowest BCUT2D eigenvalue weighted by Crippen LogP contribution is -2.47. The standard InChI is InChI=1S/C19H23Cl2N5O5/c1-19(2,3)31-18(28)26(17(27)25(4)13-8-12(22)23-9-24-13)16-14(20)10(29-5)7-11(30-6)15(16)21/h7-9H,1-6H3,(H2,22,23,24). The molecule has 0 saturated heterocycles. The third-order valence-corrected chi connectivity index (χ3v) is 4.58. The van der Waals surface area contributed by atoms with Crippen molar-refractivity contribution in [3.8, 4) is 11.5 Å². The van der Waals surface area contributed by atoms with Crippen molar-refractivity contribution < 1.29 is 23.8 Å². The van der Waals surface area contributed by atoms with Gasteiger partial charge in [0, 0.05) is 19.2 Å². The van der Waals surface area contributed by atoms with E-state index >= 15 is 0 Å². The Morgan fingerprint density at radius 2 is 1.58 bits per heavy atom. The molecule has 0 radical (unpaired) electrons. The van der Waals surface area contributed by atoms with Crippen LogP contribution in [0.25, 0.3) is 0 Å². The molecular formula is C19H23Cl2N5O5. The highest BCUT2D eigenvalue weighted by atomic mass is 35.5. The first kappa shape index (κ1) is 24.3. The smallest absolute Gasteiger partial charge is 0.423 e. The molecule has 1 heterocycles. The van der Waals surface area contributed by atoms with E-state index in [-0.39, 0.29) is 38.9 Å². The van der Waals surface area contributed by atoms with Crippen molar-refractivity contribution in [2.45, 2.75) is 26.4 Å². The summed E-state index contributed by atoms with van der Waals surface area (Å²) in [4.78, 5) is 36.1. The van der Waals surface area contributed by atoms with Crippen molar-refractivity contribution in [1.29, 1.82) is 0 Å². The summed E-state index contributed by atoms with van der Waals surface area (Å²) in [6.45, 7) is 4.95. The van der Waals surface area contributed by atoms with Gasteiger partial charge >= 0.3 is 12.1 Å². The number of anilines is 3. The lowest BCUT2D eigenvalue weighted by atomic mass is 10.2. The fourth-order valence-corrected chi connectivity index (χ4v) is 3.10. The molecule has 31 heavy (non-hydrogen) atoms. The van der Waals surface area contributed by atoms with E-state index < -0.39 is 17.7 Å². The maximum Gasteiger partial charge on any atom is 0.423 e. The van der Waals surface area contributed by atoms with Crippen LogP contribution in [0.15, 0.2) is 18.5 Å². The molecule has 0 spiro atoms. The first-order valence-corrected chi connectivity index (χ1v) is 9.65. The van der Waals surface area contributed by atoms with Gasteiger partial charge in [0.1, 0.15) is 50.8 Å². The number of urea groups is 1. The highest BCUT2D eigenvalue weighted by molar-refractivity contribution is 6.43. The molecule has 0 fully saturated rings. The molecule has 0 aliphatic heterocycles. The second-order valence-corrected chi connectivity index (χ2v) is 7.97. The van der Waals surface area contributed by atoms with Gasteiger partial charge in [0.2, 0.25) is 0 Å². The number of nitrogens with zero attached hydrogens (tertiary/aromatic N) is 4. The second kappa shape index (κ2) is 9.44. The van der Waals surface area contributed by atoms with E-state index in [1.807, 2.05) is 0 Å². The third-order valence-electron chi connectivity index (χ3n) is 3.85. The number of hydrogen-bond acceptors (Lipinski definition) is 8. The number of imide groups is 1. The van der Waals surface area contributed by atoms with E-state index in [0.29, 0.717) is 4.90 Å². The van der Waals surface area contributed by atoms with E-state index in [4.69, 9.17) is 43.1 Å². The van der Waals surface area contributed by atoms with Crippen LogP contribution in [0, 0.1) is 0 Å². The molecule has 10 nitrogen and oxygen atoms in total. The maximum atomic E-state index is 13.4. The Morgan fingerprint density at radius 1 is 1.03 bits per heavy atom. The van der Waals surface area contributed by atoms with Gasteiger partial charge in [-0.1, -0.05) is 23.2 Å². The summed E-state index contributed by atoms with van der Waals surface area (Å²) in [5, 5.41) is -0.189. The zero-order valence-corrected chi connectivity index (χ0v) is 19.4. The monoisotopic (exact) mass is 471 g/mol. The molecule has 2 N–H and O–H groups in total. The van der Waals surface area contributed by atoms with Gasteiger partial charge in [0.15, 0.2) is 0 Å². The Labute approximate surface area is 189 Å². The summed E-state index contributed by atoms with van der Waals surface area (Å²) in [5.74, 6) is 0.530. The molecule has 0 unspecified atom stereocenters. The van der Waals surface area contributed by atoms with Gasteiger partial charge in [-0.2, -0.15) is 4.90 Å². The van der Waals surface area contributed by atoms with Gasteiger partial charge < -0.3 is 19.9 Å². The summed E-state index contributed by atoms with van der Waals surface area (Å²) in [6.07, 6.45) is 0.159. The Kier molecular flexibility index (Phi) is 7.40. The predicted octanol–water partition coefficient (Wildman–Crippen LogP) is 4.38. The normalized spacial score (nSPS) is 11.0. The number of benzene rings is 1. The Balaban J connectivity index is 2.70. The topological polar surface area (TPSA) is 120 Å². The van der Waals surface area contributed by atoms with E-state index in [1.165, 1.54) is 39.7 Å². The van der Waals surface area contributed by atoms with Gasteiger partial charge in [0.05, 0.1) is 14.2 Å². The van der Waals surface area contributed by atoms with Crippen molar-refractivity contribution in [1.82, 2.24) is 9.97 Å². The van der Waals surface area contributed by atoms with Gasteiger partial charge in [0.25, 0.3) is 0 Å². The van der Waals surface area contributed by atoms with Gasteiger partial charge in [-0.25, -0.2) is 19.6 Å². The number of amides is 3. The predicted molar refractivity (Wildman–Crippen MR) is 119 cm³/mol. The number of methoxy groups -OCH3 is 2. The number of carbonyl (C=O) groups is 2. The number of nitrogen functional groups attached to an aromatic ring is 1. The number of carbonyl (C=O) groups excluding carboxylic acids is 2. The SMILES string of the molecule is COc1cc(OC)c(Cl)c(N(C(=O)OC(C)(C)C)C(=O)N(C)c2cc(N)ncn2)c1Cl. The zero-order chi connectivity index (χ0) is 23.5. The lowest BCUT2D eigenvalue weighted by molar-refractivity contribution is 0.0594. The molecule has 0 aliphatic rings. The summed E-state index contributed by atoms with van der Waals surface area (Å²) in [5.41, 5.74) is 4.59. The Bertz CT molecular complexity index is 968. The van der Waals surface area contributed by atoms with Crippen LogP contribution in [0.5, 0.6) is 11.5 Å². The average Bonchev–Trinajstić information content (AvgIpc) is 2.68. The van der Waals surface area contributed by atoms with Crippen molar-refractivity contribution >= 4 is 52.6 Å². The van der Waals surface area contributed by atoms with Crippen LogP contribution in [-0.4, -0.2) is 49.0 Å². The number of hydrogen-bond donors (Lipinski definition) is 1. The minimum atomic E-state index is -1.02. The number of aromatic nitrogens is 2. The molecule has 2 rings (SSSR count). The summed E-state index contributed by atoms with van der Waals surface area (Å²) in [7, 11) is 4.13. The van der Waals surface area contributed by atoms with Crippen LogP contribution in [-0.2, 0) is 4.74 Å². The van der Waals surface area contributed by atoms with Gasteiger partial charge in [-0.3, -0.25) is 4.90 Å². The second-order valence-electron chi connectivity index (χ2n) is 7.22. The highest BCUT2D eigenvalue weighted by Crippen LogP contribution is 2.46. The van der Waals surface area contributed by atoms with Crippen LogP contribution in [0.4, 0.5) is 26.9 Å². The average molecular weight is 472 g/mol. The molecule has 168 valence electrons. The summed E-state index contributed by atoms with van der Waals surface area (Å²) >= 11 is 12.9. The molecule has 0 saturated carbocycles. The van der Waals surface area contributed by atoms with E-state index in [0.717, 1.165) is 4.90 Å².